The molecule has 3 fully saturated rings. The molecule has 3 unspecified atom stereocenters. The number of likely N-dealkylation sites (tertiary alicyclic amines) is 1. The average Bonchev–Trinajstić information content (AvgIpc) is 4.01. The van der Waals surface area contributed by atoms with Gasteiger partial charge in [0, 0.05) is 57.1 Å². The van der Waals surface area contributed by atoms with Crippen LogP contribution in [-0.2, 0) is 46.3 Å². The van der Waals surface area contributed by atoms with Crippen molar-refractivity contribution < 1.29 is 46.3 Å². The summed E-state index contributed by atoms with van der Waals surface area (Å²) in [6, 6.07) is 2.42. The van der Waals surface area contributed by atoms with Crippen molar-refractivity contribution in [2.24, 2.45) is 0 Å². The molecule has 0 radical (unpaired) electrons. The molecule has 454 valence electrons. The summed E-state index contributed by atoms with van der Waals surface area (Å²) in [6.45, 7) is 33.0. The van der Waals surface area contributed by atoms with Crippen LogP contribution in [0.5, 0.6) is 0 Å². The van der Waals surface area contributed by atoms with Crippen LogP contribution in [0.3, 0.4) is 0 Å². The number of rotatable bonds is 31. The van der Waals surface area contributed by atoms with E-state index in [-0.39, 0.29) is 34.0 Å². The van der Waals surface area contributed by atoms with Gasteiger partial charge in [0.15, 0.2) is 26.9 Å². The minimum atomic E-state index is -4.18. The standard InChI is InChI=1S/C57H99N5O14P2Si2/c1-17-21-34-78(35-22-18-2,36-23-19-3)37-24-31-60-42(25-27-47(60)65)26-28-48(66)73-49-44(72-53(61-32-29-45(63)58-55(61)67)51(49)76-80(39(5)6,40(7)8)41(9)10)38-70-77(14,69)74-50-43(20-4)71-54(62-33-30-46(64)59-56(62)68)52(50)75-79(15,16)57(11,12)13/h26,29-30,32-33,39-41,43-44,49-54H,17-25,27-28,31,34-38H2,1-16H3,(H-,58,59,63,64,67,68)/p+1/t43-,44-,49?,50?,51+,52+,53-,54-,77?/m1/s1. The highest BCUT2D eigenvalue weighted by atomic mass is 31.2. The summed E-state index contributed by atoms with van der Waals surface area (Å²) < 4.78 is 64.5. The molecule has 9 atom stereocenters. The minimum Gasteiger partial charge on any atom is -0.456 e. The lowest BCUT2D eigenvalue weighted by atomic mass is 10.1. The number of hydrogen-bond acceptors (Lipinski definition) is 14. The quantitative estimate of drug-likeness (QED) is 0.0407. The van der Waals surface area contributed by atoms with Crippen molar-refractivity contribution in [3.05, 3.63) is 78.0 Å². The van der Waals surface area contributed by atoms with Crippen LogP contribution in [0, 0.1) is 0 Å². The lowest BCUT2D eigenvalue weighted by Gasteiger charge is -2.45. The van der Waals surface area contributed by atoms with Crippen LogP contribution in [0.1, 0.15) is 173 Å². The number of H-pyrrole nitrogens is 2. The van der Waals surface area contributed by atoms with E-state index in [0.717, 1.165) is 18.3 Å². The van der Waals surface area contributed by atoms with Gasteiger partial charge in [-0.2, -0.15) is 0 Å². The first-order valence-electron chi connectivity index (χ1n) is 29.7. The second kappa shape index (κ2) is 29.1. The number of hydrogen-bond donors (Lipinski definition) is 2. The van der Waals surface area contributed by atoms with Crippen LogP contribution in [0.2, 0.25) is 34.8 Å². The fourth-order valence-electron chi connectivity index (χ4n) is 12.0. The summed E-state index contributed by atoms with van der Waals surface area (Å²) >= 11 is 0. The fraction of sp³-hybridized carbons (Fsp3) is 0.789. The van der Waals surface area contributed by atoms with Crippen LogP contribution in [0.15, 0.2) is 55.5 Å². The number of carbonyl (C=O) groups is 2. The van der Waals surface area contributed by atoms with Gasteiger partial charge >= 0.3 is 24.9 Å². The van der Waals surface area contributed by atoms with Crippen molar-refractivity contribution in [1.82, 2.24) is 24.0 Å². The van der Waals surface area contributed by atoms with Crippen molar-refractivity contribution in [3.63, 3.8) is 0 Å². The second-order valence-corrected chi connectivity index (χ2v) is 41.7. The fourth-order valence-corrected chi connectivity index (χ4v) is 25.1. The number of unbranched alkanes of at least 4 members (excludes halogenated alkanes) is 3. The van der Waals surface area contributed by atoms with Gasteiger partial charge < -0.3 is 32.5 Å². The van der Waals surface area contributed by atoms with Gasteiger partial charge in [-0.25, -0.2) is 9.59 Å². The highest BCUT2D eigenvalue weighted by Crippen LogP contribution is 2.61. The van der Waals surface area contributed by atoms with E-state index in [2.05, 4.69) is 93.1 Å². The molecule has 2 aromatic heterocycles. The Balaban J connectivity index is 1.51. The predicted octanol–water partition coefficient (Wildman–Crippen LogP) is 11.1. The lowest BCUT2D eigenvalue weighted by molar-refractivity contribution is -0.155. The maximum atomic E-state index is 15.0. The number of aromatic nitrogens is 4. The van der Waals surface area contributed by atoms with Gasteiger partial charge in [-0.3, -0.25) is 47.4 Å². The van der Waals surface area contributed by atoms with Gasteiger partial charge in [-0.15, -0.1) is 0 Å². The monoisotopic (exact) mass is 1200 g/mol. The van der Waals surface area contributed by atoms with Gasteiger partial charge in [0.1, 0.15) is 24.4 Å². The SMILES string of the molecule is CCCC[P+](CCCC)(CCCC)CCCN1C(=O)CCC1=CCC(=O)OC1[C@@H](COP(C)(=O)OC2[C@@H](CC)O[C@@H](n3ccc(=O)[nH]c3=O)[C@H]2O[Si](C)(C)C(C)(C)C)O[C@@H](n2ccc(=O)[nH]c2=O)[C@H]1O[Si](C(C)C)(C(C)C)C(C)C. The third-order valence-electron chi connectivity index (χ3n) is 17.3. The third kappa shape index (κ3) is 16.6. The molecule has 3 aliphatic rings. The minimum absolute atomic E-state index is 0.0386. The number of amides is 1. The van der Waals surface area contributed by atoms with E-state index in [0.29, 0.717) is 25.8 Å². The molecule has 5 rings (SSSR count). The molecular formula is C57H100N5O14P2Si2+. The van der Waals surface area contributed by atoms with Crippen molar-refractivity contribution in [1.29, 1.82) is 0 Å². The number of allylic oxidation sites excluding steroid dienone is 1. The molecule has 5 heterocycles. The molecule has 80 heavy (non-hydrogen) atoms. The maximum absolute atomic E-state index is 15.0. The molecule has 1 amide bonds. The molecule has 0 aromatic carbocycles. The van der Waals surface area contributed by atoms with Crippen molar-refractivity contribution in [2.75, 3.05) is 44.5 Å². The van der Waals surface area contributed by atoms with Crippen molar-refractivity contribution >= 4 is 43.4 Å². The third-order valence-corrected chi connectivity index (χ3v) is 34.2. The molecule has 0 saturated carbocycles. The first-order valence-corrected chi connectivity index (χ1v) is 39.3. The molecule has 3 saturated heterocycles. The Bertz CT molecular complexity index is 2640. The van der Waals surface area contributed by atoms with Gasteiger partial charge in [-0.1, -0.05) is 115 Å². The van der Waals surface area contributed by atoms with E-state index in [9.17, 15) is 33.3 Å². The van der Waals surface area contributed by atoms with Crippen LogP contribution >= 0.6 is 14.9 Å². The van der Waals surface area contributed by atoms with E-state index in [1.165, 1.54) is 97.3 Å². The zero-order valence-electron chi connectivity index (χ0n) is 51.2. The summed E-state index contributed by atoms with van der Waals surface area (Å²) in [5, 5.41) is -0.306. The highest BCUT2D eigenvalue weighted by Gasteiger charge is 2.57. The summed E-state index contributed by atoms with van der Waals surface area (Å²) in [5.74, 6) is -0.586. The van der Waals surface area contributed by atoms with Crippen LogP contribution in [0.4, 0.5) is 0 Å². The zero-order chi connectivity index (χ0) is 59.5. The Morgan fingerprint density at radius 2 is 1.23 bits per heavy atom. The smallest absolute Gasteiger partial charge is 0.330 e. The van der Waals surface area contributed by atoms with E-state index in [4.69, 9.17) is 32.1 Å². The van der Waals surface area contributed by atoms with Gasteiger partial charge in [0.2, 0.25) is 14.2 Å². The number of nitrogens with zero attached hydrogens (tertiary/aromatic N) is 3. The molecule has 2 aromatic rings. The number of carbonyl (C=O) groups excluding carboxylic acids is 2. The van der Waals surface area contributed by atoms with E-state index in [1.54, 1.807) is 6.08 Å². The first kappa shape index (κ1) is 67.7. The molecule has 0 aliphatic carbocycles. The lowest BCUT2D eigenvalue weighted by Crippen LogP contribution is -2.54. The topological polar surface area (TPSA) is 229 Å². The average molecular weight is 1200 g/mol. The molecule has 0 spiro atoms. The van der Waals surface area contributed by atoms with Crippen LogP contribution < -0.4 is 22.5 Å². The number of nitrogens with one attached hydrogen (secondary N) is 2. The number of esters is 1. The first-order chi connectivity index (χ1) is 37.5. The summed E-state index contributed by atoms with van der Waals surface area (Å²) in [7, 11) is -11.0. The van der Waals surface area contributed by atoms with E-state index >= 15 is 0 Å². The molecular weight excluding hydrogens is 1100 g/mol. The summed E-state index contributed by atoms with van der Waals surface area (Å²) in [5.41, 5.74) is -1.78. The van der Waals surface area contributed by atoms with E-state index in [1.807, 2.05) is 24.9 Å². The normalized spacial score (nSPS) is 24.5. The van der Waals surface area contributed by atoms with Crippen molar-refractivity contribution in [2.45, 2.75) is 244 Å². The highest BCUT2D eigenvalue weighted by molar-refractivity contribution is 7.75. The van der Waals surface area contributed by atoms with E-state index < -0.39 is 116 Å². The van der Waals surface area contributed by atoms with Crippen LogP contribution in [-0.4, -0.2) is 134 Å². The molecule has 2 N–H and O–H groups in total. The Morgan fingerprint density at radius 3 is 1.69 bits per heavy atom. The zero-order valence-corrected chi connectivity index (χ0v) is 55.0. The molecule has 23 heteroatoms. The Morgan fingerprint density at radius 1 is 0.738 bits per heavy atom. The number of aromatic amines is 2. The van der Waals surface area contributed by atoms with Gasteiger partial charge in [0.25, 0.3) is 11.1 Å². The summed E-state index contributed by atoms with van der Waals surface area (Å²) in [4.78, 5) is 86.3. The van der Waals surface area contributed by atoms with Crippen LogP contribution in [0.25, 0.3) is 0 Å². The van der Waals surface area contributed by atoms with Gasteiger partial charge in [0.05, 0.1) is 43.8 Å². The Kier molecular flexibility index (Phi) is 24.6. The van der Waals surface area contributed by atoms with Gasteiger partial charge in [-0.05, 0) is 73.3 Å². The Hall–Kier alpha value is -3.11. The largest absolute Gasteiger partial charge is 0.456 e. The maximum Gasteiger partial charge on any atom is 0.330 e. The molecule has 3 aliphatic heterocycles. The number of ether oxygens (including phenoxy) is 3. The second-order valence-electron chi connectivity index (χ2n) is 25.0. The predicted molar refractivity (Wildman–Crippen MR) is 322 cm³/mol. The molecule has 0 bridgehead atoms. The molecule has 19 nitrogen and oxygen atoms in total. The Labute approximate surface area is 478 Å². The van der Waals surface area contributed by atoms with Crippen molar-refractivity contribution in [3.8, 4) is 0 Å². The summed E-state index contributed by atoms with van der Waals surface area (Å²) in [6.07, 6.45) is 10.1.